The third kappa shape index (κ3) is 13.1. The number of carboxylic acid groups (broad SMARTS) is 1. The fraction of sp³-hybridized carbons (Fsp3) is 0.564. The summed E-state index contributed by atoms with van der Waals surface area (Å²) in [6, 6.07) is 14.7. The van der Waals surface area contributed by atoms with E-state index in [9.17, 15) is 29.1 Å². The number of hydrogen-bond donors (Lipinski definition) is 6. The first-order valence-corrected chi connectivity index (χ1v) is 20.1. The van der Waals surface area contributed by atoms with Crippen LogP contribution in [0.3, 0.4) is 0 Å². The number of fused-ring (bicyclic) bond motifs is 4. The molecule has 6 N–H and O–H groups in total. The van der Waals surface area contributed by atoms with Crippen molar-refractivity contribution in [1.82, 2.24) is 26.6 Å². The van der Waals surface area contributed by atoms with Gasteiger partial charge in [0.1, 0.15) is 12.6 Å². The average molecular weight is 784 g/mol. The van der Waals surface area contributed by atoms with Gasteiger partial charge in [-0.3, -0.25) is 9.59 Å². The molecule has 0 spiro atoms. The SMILES string of the molecule is O=C(CCCC[C@@H]1SC[C@@H]2NC(=O)N[C@@H]21)NCCCOCCOCCOCCCNC(=O)C[C@H](NC(=O)OCC1c2ccccc2-c2ccccc21)C(=O)O. The third-order valence-corrected chi connectivity index (χ3v) is 11.2. The number of unbranched alkanes of at least 4 members (excludes halogenated alkanes) is 1. The molecule has 55 heavy (non-hydrogen) atoms. The van der Waals surface area contributed by atoms with E-state index in [1.54, 1.807) is 0 Å². The third-order valence-electron chi connectivity index (χ3n) is 9.72. The quantitative estimate of drug-likeness (QED) is 0.0638. The second-order valence-electron chi connectivity index (χ2n) is 13.7. The first-order chi connectivity index (χ1) is 26.8. The van der Waals surface area contributed by atoms with Gasteiger partial charge in [-0.25, -0.2) is 14.4 Å². The van der Waals surface area contributed by atoms with Crippen LogP contribution in [0.25, 0.3) is 11.1 Å². The van der Waals surface area contributed by atoms with Gasteiger partial charge in [-0.15, -0.1) is 0 Å². The van der Waals surface area contributed by atoms with E-state index in [0.29, 0.717) is 70.7 Å². The van der Waals surface area contributed by atoms with E-state index in [1.807, 2.05) is 60.3 Å². The molecule has 1 aliphatic carbocycles. The minimum Gasteiger partial charge on any atom is -0.480 e. The lowest BCUT2D eigenvalue weighted by Crippen LogP contribution is -2.44. The minimum atomic E-state index is -1.44. The largest absolute Gasteiger partial charge is 0.480 e. The van der Waals surface area contributed by atoms with E-state index in [4.69, 9.17) is 18.9 Å². The van der Waals surface area contributed by atoms with Crippen molar-refractivity contribution in [2.24, 2.45) is 0 Å². The lowest BCUT2D eigenvalue weighted by atomic mass is 9.98. The molecule has 2 aliphatic heterocycles. The second kappa shape index (κ2) is 22.2. The van der Waals surface area contributed by atoms with Gasteiger partial charge in [-0.2, -0.15) is 11.8 Å². The molecule has 0 aromatic heterocycles. The Labute approximate surface area is 325 Å². The minimum absolute atomic E-state index is 0.0334. The fourth-order valence-corrected chi connectivity index (χ4v) is 8.49. The van der Waals surface area contributed by atoms with Gasteiger partial charge in [-0.1, -0.05) is 55.0 Å². The summed E-state index contributed by atoms with van der Waals surface area (Å²) in [5, 5.41) is 23.8. The number of ether oxygens (including phenoxy) is 4. The average Bonchev–Trinajstić information content (AvgIpc) is 3.84. The van der Waals surface area contributed by atoms with E-state index in [-0.39, 0.29) is 43.1 Å². The lowest BCUT2D eigenvalue weighted by molar-refractivity contribution is -0.141. The molecule has 5 amide bonds. The van der Waals surface area contributed by atoms with Crippen molar-refractivity contribution >= 4 is 41.7 Å². The van der Waals surface area contributed by atoms with E-state index in [2.05, 4.69) is 26.6 Å². The first-order valence-electron chi connectivity index (χ1n) is 19.1. The topological polar surface area (TPSA) is 203 Å². The number of hydrogen-bond acceptors (Lipinski definition) is 10. The van der Waals surface area contributed by atoms with Crippen LogP contribution in [0.2, 0.25) is 0 Å². The standard InChI is InChI=1S/C39H53N5O10S/c45-34(14-6-5-13-33-36-32(25-55-33)42-38(49)44-36)40-15-7-17-51-19-21-53-22-20-52-18-8-16-41-35(46)23-31(37(47)48)43-39(50)54-24-30-28-11-3-1-9-26(28)27-10-2-4-12-29(27)30/h1-4,9-12,30-33,36H,5-8,13-25H2,(H,40,45)(H,41,46)(H,43,50)(H,47,48)(H2,42,44,49)/t31-,32-,33-,36-/m0/s1. The van der Waals surface area contributed by atoms with Crippen molar-refractivity contribution in [1.29, 1.82) is 0 Å². The molecular formula is C39H53N5O10S. The van der Waals surface area contributed by atoms with E-state index in [1.165, 1.54) is 0 Å². The predicted octanol–water partition coefficient (Wildman–Crippen LogP) is 3.16. The fourth-order valence-electron chi connectivity index (χ4n) is 6.95. The summed E-state index contributed by atoms with van der Waals surface area (Å²) >= 11 is 1.89. The zero-order valence-corrected chi connectivity index (χ0v) is 31.9. The van der Waals surface area contributed by atoms with Gasteiger partial charge < -0.3 is 50.6 Å². The Balaban J connectivity index is 0.795. The zero-order chi connectivity index (χ0) is 38.8. The van der Waals surface area contributed by atoms with Crippen LogP contribution in [-0.2, 0) is 33.3 Å². The van der Waals surface area contributed by atoms with Crippen molar-refractivity contribution < 1.29 is 48.0 Å². The smallest absolute Gasteiger partial charge is 0.407 e. The number of aliphatic carboxylic acids is 1. The highest BCUT2D eigenvalue weighted by atomic mass is 32.2. The number of nitrogens with one attached hydrogen (secondary N) is 5. The Morgan fingerprint density at radius 1 is 0.782 bits per heavy atom. The van der Waals surface area contributed by atoms with Gasteiger partial charge in [-0.05, 0) is 47.9 Å². The maximum Gasteiger partial charge on any atom is 0.407 e. The van der Waals surface area contributed by atoms with E-state index < -0.39 is 30.4 Å². The molecule has 0 saturated carbocycles. The van der Waals surface area contributed by atoms with Crippen molar-refractivity contribution in [2.45, 2.75) is 74.2 Å². The van der Waals surface area contributed by atoms with Crippen LogP contribution in [0, 0.1) is 0 Å². The van der Waals surface area contributed by atoms with Crippen molar-refractivity contribution in [2.75, 3.05) is 65.1 Å². The molecule has 2 aromatic rings. The zero-order valence-electron chi connectivity index (χ0n) is 31.1. The molecule has 300 valence electrons. The molecule has 2 aromatic carbocycles. The number of alkyl carbamates (subject to hydrolysis) is 1. The van der Waals surface area contributed by atoms with Crippen LogP contribution >= 0.6 is 11.8 Å². The normalized spacial score (nSPS) is 18.7. The summed E-state index contributed by atoms with van der Waals surface area (Å²) in [7, 11) is 0. The van der Waals surface area contributed by atoms with Crippen LogP contribution in [0.15, 0.2) is 48.5 Å². The Hall–Kier alpha value is -4.38. The number of urea groups is 1. The number of thioether (sulfide) groups is 1. The molecule has 4 atom stereocenters. The van der Waals surface area contributed by atoms with Crippen molar-refractivity contribution in [3.05, 3.63) is 59.7 Å². The monoisotopic (exact) mass is 783 g/mol. The number of carboxylic acids is 1. The molecule has 5 rings (SSSR count). The van der Waals surface area contributed by atoms with Crippen LogP contribution in [0.1, 0.15) is 62.0 Å². The highest BCUT2D eigenvalue weighted by Gasteiger charge is 2.42. The second-order valence-corrected chi connectivity index (χ2v) is 14.9. The Morgan fingerprint density at radius 3 is 2.02 bits per heavy atom. The van der Waals surface area contributed by atoms with E-state index in [0.717, 1.165) is 47.3 Å². The van der Waals surface area contributed by atoms with Crippen LogP contribution in [0.4, 0.5) is 9.59 Å². The summed E-state index contributed by atoms with van der Waals surface area (Å²) in [6.45, 7) is 3.39. The number of amides is 5. The molecule has 2 fully saturated rings. The van der Waals surface area contributed by atoms with Gasteiger partial charge in [0.05, 0.1) is 44.9 Å². The van der Waals surface area contributed by atoms with Crippen LogP contribution < -0.4 is 26.6 Å². The lowest BCUT2D eigenvalue weighted by Gasteiger charge is -2.17. The Kier molecular flexibility index (Phi) is 16.9. The predicted molar refractivity (Wildman–Crippen MR) is 206 cm³/mol. The van der Waals surface area contributed by atoms with Crippen molar-refractivity contribution in [3.63, 3.8) is 0 Å². The molecular weight excluding hydrogens is 731 g/mol. The van der Waals surface area contributed by atoms with Gasteiger partial charge in [0.25, 0.3) is 0 Å². The molecule has 15 nitrogen and oxygen atoms in total. The van der Waals surface area contributed by atoms with E-state index >= 15 is 0 Å². The number of carbonyl (C=O) groups excluding carboxylic acids is 4. The summed E-state index contributed by atoms with van der Waals surface area (Å²) < 4.78 is 22.0. The summed E-state index contributed by atoms with van der Waals surface area (Å²) in [5.41, 5.74) is 4.23. The van der Waals surface area contributed by atoms with Crippen LogP contribution in [0.5, 0.6) is 0 Å². The highest BCUT2D eigenvalue weighted by Crippen LogP contribution is 2.44. The molecule has 16 heteroatoms. The molecule has 3 aliphatic rings. The molecule has 2 heterocycles. The van der Waals surface area contributed by atoms with Crippen molar-refractivity contribution in [3.8, 4) is 11.1 Å². The molecule has 2 saturated heterocycles. The highest BCUT2D eigenvalue weighted by molar-refractivity contribution is 8.00. The van der Waals surface area contributed by atoms with Gasteiger partial charge in [0, 0.05) is 49.6 Å². The Morgan fingerprint density at radius 2 is 1.38 bits per heavy atom. The molecule has 0 radical (unpaired) electrons. The number of benzene rings is 2. The number of carbonyl (C=O) groups is 5. The Bertz CT molecular complexity index is 1550. The summed E-state index contributed by atoms with van der Waals surface area (Å²) in [5.74, 6) is -1.03. The number of rotatable bonds is 25. The molecule has 0 bridgehead atoms. The summed E-state index contributed by atoms with van der Waals surface area (Å²) in [6.07, 6.45) is 3.18. The maximum atomic E-state index is 12.5. The van der Waals surface area contributed by atoms with Gasteiger partial charge in [0.2, 0.25) is 11.8 Å². The molecule has 0 unspecified atom stereocenters. The first kappa shape index (κ1) is 41.8. The van der Waals surface area contributed by atoms with Gasteiger partial charge in [0.15, 0.2) is 0 Å². The maximum absolute atomic E-state index is 12.5. The summed E-state index contributed by atoms with van der Waals surface area (Å²) in [4.78, 5) is 60.3. The van der Waals surface area contributed by atoms with Crippen LogP contribution in [-0.4, -0.2) is 123 Å². The van der Waals surface area contributed by atoms with Gasteiger partial charge >= 0.3 is 18.1 Å².